The molecule has 0 unspecified atom stereocenters. The molecule has 0 aliphatic rings. The van der Waals surface area contributed by atoms with Crippen LogP contribution in [0.15, 0.2) is 17.6 Å². The van der Waals surface area contributed by atoms with Crippen LogP contribution in [-0.4, -0.2) is 26.8 Å². The molecule has 0 radical (unpaired) electrons. The highest BCUT2D eigenvalue weighted by atomic mass is 32.2. The summed E-state index contributed by atoms with van der Waals surface area (Å²) in [6, 6.07) is 0. The lowest BCUT2D eigenvalue weighted by Crippen LogP contribution is -1.95. The van der Waals surface area contributed by atoms with E-state index < -0.39 is 5.97 Å². The lowest BCUT2D eigenvalue weighted by atomic mass is 10.5. The lowest BCUT2D eigenvalue weighted by Gasteiger charge is -1.92. The summed E-state index contributed by atoms with van der Waals surface area (Å²) < 4.78 is 0. The summed E-state index contributed by atoms with van der Waals surface area (Å²) in [5.74, 6) is -0.216. The van der Waals surface area contributed by atoms with Gasteiger partial charge in [0.25, 0.3) is 0 Å². The van der Waals surface area contributed by atoms with Gasteiger partial charge in [0.1, 0.15) is 0 Å². The van der Waals surface area contributed by atoms with Gasteiger partial charge in [0.15, 0.2) is 5.16 Å². The molecule has 11 heavy (non-hydrogen) atoms. The van der Waals surface area contributed by atoms with Crippen molar-refractivity contribution in [3.05, 3.63) is 12.4 Å². The van der Waals surface area contributed by atoms with Gasteiger partial charge in [-0.3, -0.25) is 4.79 Å². The van der Waals surface area contributed by atoms with Gasteiger partial charge in [0.2, 0.25) is 0 Å². The summed E-state index contributed by atoms with van der Waals surface area (Å²) in [5.41, 5.74) is 0. The van der Waals surface area contributed by atoms with E-state index in [4.69, 9.17) is 5.11 Å². The molecule has 1 heterocycles. The monoisotopic (exact) mass is 172 g/mol. The van der Waals surface area contributed by atoms with Crippen LogP contribution in [0.2, 0.25) is 0 Å². The van der Waals surface area contributed by atoms with Crippen LogP contribution in [0.5, 0.6) is 0 Å². The normalized spacial score (nSPS) is 9.82. The summed E-state index contributed by atoms with van der Waals surface area (Å²) in [6.45, 7) is 0. The van der Waals surface area contributed by atoms with Gasteiger partial charge >= 0.3 is 5.97 Å². The number of H-pyrrole nitrogens is 1. The van der Waals surface area contributed by atoms with Crippen molar-refractivity contribution in [2.75, 3.05) is 5.75 Å². The fraction of sp³-hybridized carbons (Fsp3) is 0.333. The van der Waals surface area contributed by atoms with Crippen LogP contribution in [0.3, 0.4) is 0 Å². The van der Waals surface area contributed by atoms with Gasteiger partial charge in [-0.05, 0) is 0 Å². The van der Waals surface area contributed by atoms with Crippen LogP contribution in [0.4, 0.5) is 0 Å². The van der Waals surface area contributed by atoms with Gasteiger partial charge in [-0.1, -0.05) is 11.8 Å². The van der Waals surface area contributed by atoms with E-state index in [1.54, 1.807) is 12.4 Å². The maximum Gasteiger partial charge on any atom is 0.304 e. The first-order valence-electron chi connectivity index (χ1n) is 3.13. The molecule has 0 aliphatic heterocycles. The second kappa shape index (κ2) is 4.02. The van der Waals surface area contributed by atoms with Crippen LogP contribution in [-0.2, 0) is 4.79 Å². The number of nitrogens with one attached hydrogen (secondary N) is 1. The molecule has 1 rings (SSSR count). The molecule has 60 valence electrons. The molecule has 5 heteroatoms. The van der Waals surface area contributed by atoms with Crippen molar-refractivity contribution in [2.24, 2.45) is 0 Å². The maximum atomic E-state index is 10.1. The highest BCUT2D eigenvalue weighted by Crippen LogP contribution is 2.11. The number of carboxylic acid groups (broad SMARTS) is 1. The second-order valence-corrected chi connectivity index (χ2v) is 2.97. The Morgan fingerprint density at radius 1 is 1.82 bits per heavy atom. The molecule has 1 aromatic heterocycles. The van der Waals surface area contributed by atoms with Crippen molar-refractivity contribution in [1.29, 1.82) is 0 Å². The SMILES string of the molecule is O=C(O)CCSc1ncc[nH]1. The van der Waals surface area contributed by atoms with Gasteiger partial charge in [-0.2, -0.15) is 0 Å². The zero-order valence-corrected chi connectivity index (χ0v) is 6.60. The Bertz CT molecular complexity index is 222. The fourth-order valence-corrected chi connectivity index (χ4v) is 1.32. The topological polar surface area (TPSA) is 66.0 Å². The average molecular weight is 172 g/mol. The molecule has 0 fully saturated rings. The fourth-order valence-electron chi connectivity index (χ4n) is 0.565. The molecular formula is C6H8N2O2S. The zero-order chi connectivity index (χ0) is 8.10. The number of nitrogens with zero attached hydrogens (tertiary/aromatic N) is 1. The Balaban J connectivity index is 2.19. The minimum Gasteiger partial charge on any atom is -0.481 e. The first-order chi connectivity index (χ1) is 5.29. The predicted molar refractivity (Wildman–Crippen MR) is 41.6 cm³/mol. The Labute approximate surface area is 68.0 Å². The molecule has 4 nitrogen and oxygen atoms in total. The van der Waals surface area contributed by atoms with Crippen molar-refractivity contribution in [3.8, 4) is 0 Å². The molecule has 2 N–H and O–H groups in total. The highest BCUT2D eigenvalue weighted by molar-refractivity contribution is 7.99. The summed E-state index contributed by atoms with van der Waals surface area (Å²) in [5, 5.41) is 9.07. The Morgan fingerprint density at radius 2 is 2.64 bits per heavy atom. The van der Waals surface area contributed by atoms with E-state index in [0.717, 1.165) is 5.16 Å². The van der Waals surface area contributed by atoms with E-state index in [9.17, 15) is 4.79 Å². The van der Waals surface area contributed by atoms with E-state index in [2.05, 4.69) is 9.97 Å². The van der Waals surface area contributed by atoms with Gasteiger partial charge in [0.05, 0.1) is 6.42 Å². The number of rotatable bonds is 4. The van der Waals surface area contributed by atoms with Crippen molar-refractivity contribution >= 4 is 17.7 Å². The zero-order valence-electron chi connectivity index (χ0n) is 5.78. The lowest BCUT2D eigenvalue weighted by molar-refractivity contribution is -0.136. The second-order valence-electron chi connectivity index (χ2n) is 1.89. The van der Waals surface area contributed by atoms with Crippen molar-refractivity contribution in [2.45, 2.75) is 11.6 Å². The number of carboxylic acids is 1. The van der Waals surface area contributed by atoms with Crippen LogP contribution in [0, 0.1) is 0 Å². The van der Waals surface area contributed by atoms with Gasteiger partial charge < -0.3 is 10.1 Å². The summed E-state index contributed by atoms with van der Waals surface area (Å²) in [7, 11) is 0. The maximum absolute atomic E-state index is 10.1. The van der Waals surface area contributed by atoms with Gasteiger partial charge in [0, 0.05) is 18.1 Å². The summed E-state index contributed by atoms with van der Waals surface area (Å²) in [4.78, 5) is 16.9. The number of aliphatic carboxylic acids is 1. The first-order valence-corrected chi connectivity index (χ1v) is 4.11. The standard InChI is InChI=1S/C6H8N2O2S/c9-5(10)1-4-11-6-7-2-3-8-6/h2-3H,1,4H2,(H,7,8)(H,9,10). The number of aromatic nitrogens is 2. The molecule has 0 saturated heterocycles. The van der Waals surface area contributed by atoms with Crippen molar-refractivity contribution < 1.29 is 9.90 Å². The molecular weight excluding hydrogens is 164 g/mol. The quantitative estimate of drug-likeness (QED) is 0.664. The molecule has 0 spiro atoms. The Morgan fingerprint density at radius 3 is 3.18 bits per heavy atom. The Hall–Kier alpha value is -0.970. The largest absolute Gasteiger partial charge is 0.481 e. The van der Waals surface area contributed by atoms with E-state index in [-0.39, 0.29) is 6.42 Å². The number of imidazole rings is 1. The predicted octanol–water partition coefficient (Wildman–Crippen LogP) is 0.976. The third-order valence-electron chi connectivity index (χ3n) is 1.03. The summed E-state index contributed by atoms with van der Waals surface area (Å²) in [6.07, 6.45) is 3.53. The number of carbonyl (C=O) groups is 1. The Kier molecular flexibility index (Phi) is 2.97. The number of thioether (sulfide) groups is 1. The molecule has 0 atom stereocenters. The number of hydrogen-bond donors (Lipinski definition) is 2. The molecule has 0 aliphatic carbocycles. The highest BCUT2D eigenvalue weighted by Gasteiger charge is 1.98. The molecule has 0 bridgehead atoms. The van der Waals surface area contributed by atoms with Gasteiger partial charge in [-0.15, -0.1) is 0 Å². The molecule has 1 aromatic rings. The number of hydrogen-bond acceptors (Lipinski definition) is 3. The van der Waals surface area contributed by atoms with Crippen LogP contribution < -0.4 is 0 Å². The minimum absolute atomic E-state index is 0.172. The molecule has 0 amide bonds. The van der Waals surface area contributed by atoms with Crippen molar-refractivity contribution in [3.63, 3.8) is 0 Å². The van der Waals surface area contributed by atoms with Crippen LogP contribution >= 0.6 is 11.8 Å². The smallest absolute Gasteiger partial charge is 0.304 e. The molecule has 0 saturated carbocycles. The van der Waals surface area contributed by atoms with Crippen LogP contribution in [0.25, 0.3) is 0 Å². The van der Waals surface area contributed by atoms with Crippen molar-refractivity contribution in [1.82, 2.24) is 9.97 Å². The average Bonchev–Trinajstić information content (AvgIpc) is 2.39. The third-order valence-corrected chi connectivity index (χ3v) is 1.93. The van der Waals surface area contributed by atoms with E-state index in [1.165, 1.54) is 11.8 Å². The first kappa shape index (κ1) is 8.13. The van der Waals surface area contributed by atoms with Gasteiger partial charge in [-0.25, -0.2) is 4.98 Å². The third kappa shape index (κ3) is 3.08. The number of aromatic amines is 1. The van der Waals surface area contributed by atoms with E-state index in [0.29, 0.717) is 5.75 Å². The summed E-state index contributed by atoms with van der Waals surface area (Å²) >= 11 is 1.41. The van der Waals surface area contributed by atoms with E-state index >= 15 is 0 Å². The van der Waals surface area contributed by atoms with E-state index in [1.807, 2.05) is 0 Å². The minimum atomic E-state index is -0.774. The van der Waals surface area contributed by atoms with Crippen LogP contribution in [0.1, 0.15) is 6.42 Å². The molecule has 0 aromatic carbocycles.